The average Bonchev–Trinajstić information content (AvgIpc) is 2.57. The van der Waals surface area contributed by atoms with Gasteiger partial charge in [-0.05, 0) is 30.7 Å². The molecule has 0 radical (unpaired) electrons. The number of aromatic nitrogens is 3. The number of carboxylic acid groups (broad SMARTS) is 1. The van der Waals surface area contributed by atoms with Crippen molar-refractivity contribution >= 4 is 17.6 Å². The summed E-state index contributed by atoms with van der Waals surface area (Å²) in [5.74, 6) is -1.56. The number of aryl methyl sites for hydroxylation is 1. The number of carboxylic acids is 1. The number of rotatable bonds is 2. The van der Waals surface area contributed by atoms with Crippen molar-refractivity contribution in [2.75, 3.05) is 0 Å². The molecule has 7 heteroatoms. The first-order valence-electron chi connectivity index (χ1n) is 5.07. The maximum absolute atomic E-state index is 11.9. The van der Waals surface area contributed by atoms with Gasteiger partial charge in [0.25, 0.3) is 0 Å². The smallest absolute Gasteiger partial charge is 0.374 e. The number of halogens is 1. The molecule has 1 heterocycles. The summed E-state index contributed by atoms with van der Waals surface area (Å²) in [4.78, 5) is 22.8. The van der Waals surface area contributed by atoms with Crippen LogP contribution in [0.5, 0.6) is 0 Å². The molecular formula is C11H10ClN3O3. The second-order valence-corrected chi connectivity index (χ2v) is 4.25. The van der Waals surface area contributed by atoms with Gasteiger partial charge in [-0.15, -0.1) is 5.10 Å². The summed E-state index contributed by atoms with van der Waals surface area (Å²) in [6.45, 7) is 1.77. The Kier molecular flexibility index (Phi) is 2.96. The highest BCUT2D eigenvalue weighted by molar-refractivity contribution is 6.30. The maximum atomic E-state index is 11.9. The molecule has 0 bridgehead atoms. The van der Waals surface area contributed by atoms with Crippen molar-refractivity contribution in [2.45, 2.75) is 6.92 Å². The van der Waals surface area contributed by atoms with E-state index in [2.05, 4.69) is 5.10 Å². The molecule has 0 amide bonds. The molecule has 1 aromatic heterocycles. The van der Waals surface area contributed by atoms with Crippen LogP contribution in [-0.2, 0) is 7.05 Å². The molecule has 6 nitrogen and oxygen atoms in total. The zero-order valence-electron chi connectivity index (χ0n) is 9.72. The van der Waals surface area contributed by atoms with Gasteiger partial charge >= 0.3 is 11.7 Å². The molecule has 0 aliphatic rings. The minimum Gasteiger partial charge on any atom is -0.475 e. The van der Waals surface area contributed by atoms with Crippen molar-refractivity contribution in [3.63, 3.8) is 0 Å². The highest BCUT2D eigenvalue weighted by atomic mass is 35.5. The number of hydrogen-bond acceptors (Lipinski definition) is 3. The molecule has 0 saturated carbocycles. The van der Waals surface area contributed by atoms with Gasteiger partial charge in [-0.2, -0.15) is 4.68 Å². The highest BCUT2D eigenvalue weighted by Gasteiger charge is 2.18. The Balaban J connectivity index is 2.69. The van der Waals surface area contributed by atoms with E-state index in [4.69, 9.17) is 16.7 Å². The van der Waals surface area contributed by atoms with Gasteiger partial charge in [-0.1, -0.05) is 11.6 Å². The quantitative estimate of drug-likeness (QED) is 0.888. The number of benzene rings is 1. The third-order valence-electron chi connectivity index (χ3n) is 2.56. The zero-order chi connectivity index (χ0) is 13.4. The normalized spacial score (nSPS) is 10.6. The van der Waals surface area contributed by atoms with Crippen molar-refractivity contribution in [2.24, 2.45) is 7.05 Å². The summed E-state index contributed by atoms with van der Waals surface area (Å²) in [7, 11) is 1.36. The summed E-state index contributed by atoms with van der Waals surface area (Å²) in [6.07, 6.45) is 0. The van der Waals surface area contributed by atoms with Gasteiger partial charge in [0.2, 0.25) is 5.82 Å². The molecule has 1 aromatic carbocycles. The van der Waals surface area contributed by atoms with Gasteiger partial charge in [0.1, 0.15) is 0 Å². The molecular weight excluding hydrogens is 258 g/mol. The molecule has 0 atom stereocenters. The van der Waals surface area contributed by atoms with Crippen LogP contribution < -0.4 is 5.69 Å². The molecule has 18 heavy (non-hydrogen) atoms. The van der Waals surface area contributed by atoms with Crippen LogP contribution in [-0.4, -0.2) is 25.4 Å². The largest absolute Gasteiger partial charge is 0.475 e. The third kappa shape index (κ3) is 1.91. The van der Waals surface area contributed by atoms with Gasteiger partial charge in [0.15, 0.2) is 0 Å². The minimum absolute atomic E-state index is 0.311. The monoisotopic (exact) mass is 267 g/mol. The number of hydrogen-bond donors (Lipinski definition) is 1. The van der Waals surface area contributed by atoms with Crippen LogP contribution in [0, 0.1) is 6.92 Å². The molecule has 0 fully saturated rings. The van der Waals surface area contributed by atoms with E-state index >= 15 is 0 Å². The van der Waals surface area contributed by atoms with Crippen LogP contribution in [0.4, 0.5) is 0 Å². The number of aromatic carboxylic acids is 1. The Labute approximate surface area is 107 Å². The molecule has 1 N–H and O–H groups in total. The summed E-state index contributed by atoms with van der Waals surface area (Å²) >= 11 is 5.82. The molecule has 2 rings (SSSR count). The van der Waals surface area contributed by atoms with E-state index < -0.39 is 11.7 Å². The first kappa shape index (κ1) is 12.4. The van der Waals surface area contributed by atoms with Crippen molar-refractivity contribution in [3.8, 4) is 5.69 Å². The van der Waals surface area contributed by atoms with Gasteiger partial charge < -0.3 is 5.11 Å². The van der Waals surface area contributed by atoms with E-state index in [0.29, 0.717) is 10.7 Å². The van der Waals surface area contributed by atoms with Crippen LogP contribution >= 0.6 is 11.6 Å². The number of carbonyl (C=O) groups is 1. The molecule has 94 valence electrons. The van der Waals surface area contributed by atoms with Crippen molar-refractivity contribution < 1.29 is 9.90 Å². The zero-order valence-corrected chi connectivity index (χ0v) is 10.5. The fourth-order valence-corrected chi connectivity index (χ4v) is 1.86. The SMILES string of the molecule is Cc1cc(Cl)ccc1-n1nc(C(=O)O)n(C)c1=O. The topological polar surface area (TPSA) is 77.1 Å². The fraction of sp³-hybridized carbons (Fsp3) is 0.182. The first-order chi connectivity index (χ1) is 8.41. The fourth-order valence-electron chi connectivity index (χ4n) is 1.64. The van der Waals surface area contributed by atoms with E-state index in [1.54, 1.807) is 25.1 Å². The Morgan fingerprint density at radius 2 is 2.11 bits per heavy atom. The lowest BCUT2D eigenvalue weighted by molar-refractivity contribution is 0.0678. The third-order valence-corrected chi connectivity index (χ3v) is 2.79. The minimum atomic E-state index is -1.25. The van der Waals surface area contributed by atoms with E-state index in [9.17, 15) is 9.59 Å². The average molecular weight is 268 g/mol. The summed E-state index contributed by atoms with van der Waals surface area (Å²) in [6, 6.07) is 4.92. The maximum Gasteiger partial charge on any atom is 0.374 e. The van der Waals surface area contributed by atoms with Crippen LogP contribution in [0.1, 0.15) is 16.2 Å². The molecule has 0 saturated heterocycles. The van der Waals surface area contributed by atoms with E-state index in [1.807, 2.05) is 0 Å². The lowest BCUT2D eigenvalue weighted by Gasteiger charge is -2.03. The second kappa shape index (κ2) is 4.30. The van der Waals surface area contributed by atoms with Crippen LogP contribution in [0.25, 0.3) is 5.69 Å². The summed E-state index contributed by atoms with van der Waals surface area (Å²) in [5.41, 5.74) is 0.727. The van der Waals surface area contributed by atoms with Gasteiger partial charge in [-0.25, -0.2) is 9.59 Å². The van der Waals surface area contributed by atoms with Crippen molar-refractivity contribution in [1.82, 2.24) is 14.3 Å². The van der Waals surface area contributed by atoms with Gasteiger partial charge in [-0.3, -0.25) is 4.57 Å². The predicted octanol–water partition coefficient (Wildman–Crippen LogP) is 1.23. The van der Waals surface area contributed by atoms with Crippen LogP contribution in [0.2, 0.25) is 5.02 Å². The Morgan fingerprint density at radius 3 is 2.61 bits per heavy atom. The standard InChI is InChI=1S/C11H10ClN3O3/c1-6-5-7(12)3-4-8(6)15-11(18)14(2)9(13-15)10(16)17/h3-5H,1-2H3,(H,16,17). The first-order valence-corrected chi connectivity index (χ1v) is 5.45. The van der Waals surface area contributed by atoms with Crippen LogP contribution in [0.15, 0.2) is 23.0 Å². The highest BCUT2D eigenvalue weighted by Crippen LogP contribution is 2.17. The molecule has 2 aromatic rings. The summed E-state index contributed by atoms with van der Waals surface area (Å²) in [5, 5.41) is 13.2. The molecule has 0 aliphatic carbocycles. The van der Waals surface area contributed by atoms with Gasteiger partial charge in [0.05, 0.1) is 5.69 Å². The second-order valence-electron chi connectivity index (χ2n) is 3.81. The van der Waals surface area contributed by atoms with Crippen molar-refractivity contribution in [1.29, 1.82) is 0 Å². The molecule has 0 unspecified atom stereocenters. The Bertz CT molecular complexity index is 687. The Hall–Kier alpha value is -2.08. The lowest BCUT2D eigenvalue weighted by Crippen LogP contribution is -2.23. The molecule has 0 spiro atoms. The Morgan fingerprint density at radius 1 is 1.44 bits per heavy atom. The van der Waals surface area contributed by atoms with E-state index in [0.717, 1.165) is 14.8 Å². The van der Waals surface area contributed by atoms with Gasteiger partial charge in [0, 0.05) is 12.1 Å². The van der Waals surface area contributed by atoms with Crippen molar-refractivity contribution in [3.05, 3.63) is 45.1 Å². The molecule has 0 aliphatic heterocycles. The predicted molar refractivity (Wildman–Crippen MR) is 65.5 cm³/mol. The van der Waals surface area contributed by atoms with Crippen LogP contribution in [0.3, 0.4) is 0 Å². The summed E-state index contributed by atoms with van der Waals surface area (Å²) < 4.78 is 2.03. The van der Waals surface area contributed by atoms with E-state index in [1.165, 1.54) is 7.05 Å². The van der Waals surface area contributed by atoms with E-state index in [-0.39, 0.29) is 5.82 Å². The lowest BCUT2D eigenvalue weighted by atomic mass is 10.2. The number of nitrogens with zero attached hydrogens (tertiary/aromatic N) is 3.